The van der Waals surface area contributed by atoms with Gasteiger partial charge in [-0.25, -0.2) is 4.79 Å². The van der Waals surface area contributed by atoms with Gasteiger partial charge in [-0.2, -0.15) is 0 Å². The number of halogens is 1. The second-order valence-electron chi connectivity index (χ2n) is 5.08. The first-order valence-electron chi connectivity index (χ1n) is 6.74. The van der Waals surface area contributed by atoms with E-state index < -0.39 is 4.92 Å². The lowest BCUT2D eigenvalue weighted by atomic mass is 10.00. The molecular formula is C14H17ClN2O4. The molecule has 1 aromatic rings. The number of nitrogens with zero attached hydrogens (tertiary/aromatic N) is 2. The summed E-state index contributed by atoms with van der Waals surface area (Å²) in [4.78, 5) is 24.3. The first-order valence-corrected chi connectivity index (χ1v) is 7.12. The van der Waals surface area contributed by atoms with Crippen LogP contribution in [0.5, 0.6) is 0 Å². The van der Waals surface area contributed by atoms with Crippen LogP contribution in [-0.2, 0) is 9.53 Å². The van der Waals surface area contributed by atoms with Crippen LogP contribution in [0.25, 0.3) is 0 Å². The molecule has 0 N–H and O–H groups in total. The zero-order chi connectivity index (χ0) is 15.6. The van der Waals surface area contributed by atoms with E-state index in [1.54, 1.807) is 13.0 Å². The number of hydrogen-bond donors (Lipinski definition) is 0. The minimum absolute atomic E-state index is 0.0785. The number of rotatable bonds is 3. The molecule has 1 aliphatic rings. The molecule has 1 aliphatic heterocycles. The van der Waals surface area contributed by atoms with E-state index in [2.05, 4.69) is 0 Å². The zero-order valence-electron chi connectivity index (χ0n) is 12.0. The SMILES string of the molecule is COC(=O)C1CCCCN1c1cc(Cl)c([N+](=O)[O-])cc1C. The normalized spacial score (nSPS) is 18.4. The number of benzene rings is 1. The number of carbonyl (C=O) groups excluding carboxylic acids is 1. The van der Waals surface area contributed by atoms with E-state index in [0.29, 0.717) is 13.0 Å². The summed E-state index contributed by atoms with van der Waals surface area (Å²) in [6, 6.07) is 2.65. The number of nitro benzene ring substituents is 1. The average Bonchev–Trinajstić information content (AvgIpc) is 2.48. The Morgan fingerprint density at radius 2 is 2.19 bits per heavy atom. The van der Waals surface area contributed by atoms with Gasteiger partial charge in [0, 0.05) is 18.3 Å². The summed E-state index contributed by atoms with van der Waals surface area (Å²) < 4.78 is 4.85. The second kappa shape index (κ2) is 6.30. The third kappa shape index (κ3) is 3.10. The first-order chi connectivity index (χ1) is 9.95. The van der Waals surface area contributed by atoms with Gasteiger partial charge in [-0.1, -0.05) is 11.6 Å². The van der Waals surface area contributed by atoms with Gasteiger partial charge in [0.15, 0.2) is 0 Å². The van der Waals surface area contributed by atoms with Crippen molar-refractivity contribution < 1.29 is 14.5 Å². The fourth-order valence-electron chi connectivity index (χ4n) is 2.71. The van der Waals surface area contributed by atoms with Crippen LogP contribution in [0.4, 0.5) is 11.4 Å². The van der Waals surface area contributed by atoms with Crippen LogP contribution in [0, 0.1) is 17.0 Å². The summed E-state index contributed by atoms with van der Waals surface area (Å²) in [6.07, 6.45) is 2.62. The maximum absolute atomic E-state index is 11.9. The molecule has 0 spiro atoms. The van der Waals surface area contributed by atoms with Crippen LogP contribution in [0.1, 0.15) is 24.8 Å². The quantitative estimate of drug-likeness (QED) is 0.487. The number of hydrogen-bond acceptors (Lipinski definition) is 5. The molecular weight excluding hydrogens is 296 g/mol. The number of aryl methyl sites for hydroxylation is 1. The Morgan fingerprint density at radius 3 is 2.81 bits per heavy atom. The third-order valence-electron chi connectivity index (χ3n) is 3.75. The molecule has 7 heteroatoms. The van der Waals surface area contributed by atoms with E-state index in [1.165, 1.54) is 13.2 Å². The van der Waals surface area contributed by atoms with Gasteiger partial charge >= 0.3 is 5.97 Å². The van der Waals surface area contributed by atoms with Crippen LogP contribution in [0.3, 0.4) is 0 Å². The Balaban J connectivity index is 2.41. The molecule has 2 rings (SSSR count). The Morgan fingerprint density at radius 1 is 1.48 bits per heavy atom. The summed E-state index contributed by atoms with van der Waals surface area (Å²) >= 11 is 5.99. The molecule has 0 bridgehead atoms. The third-order valence-corrected chi connectivity index (χ3v) is 4.05. The molecule has 1 atom stereocenters. The molecule has 1 heterocycles. The fraction of sp³-hybridized carbons (Fsp3) is 0.500. The molecule has 0 aliphatic carbocycles. The van der Waals surface area contributed by atoms with Gasteiger partial charge in [0.25, 0.3) is 5.69 Å². The van der Waals surface area contributed by atoms with Crippen molar-refractivity contribution in [1.82, 2.24) is 0 Å². The van der Waals surface area contributed by atoms with Crippen molar-refractivity contribution in [3.8, 4) is 0 Å². The number of piperidine rings is 1. The number of ether oxygens (including phenoxy) is 1. The van der Waals surface area contributed by atoms with Crippen molar-refractivity contribution in [3.63, 3.8) is 0 Å². The second-order valence-corrected chi connectivity index (χ2v) is 5.48. The van der Waals surface area contributed by atoms with Crippen molar-refractivity contribution in [2.24, 2.45) is 0 Å². The molecule has 0 aromatic heterocycles. The first kappa shape index (κ1) is 15.6. The summed E-state index contributed by atoms with van der Waals surface area (Å²) in [5.41, 5.74) is 1.35. The van der Waals surface area contributed by atoms with E-state index >= 15 is 0 Å². The fourth-order valence-corrected chi connectivity index (χ4v) is 2.93. The highest BCUT2D eigenvalue weighted by Gasteiger charge is 2.31. The summed E-state index contributed by atoms with van der Waals surface area (Å²) in [6.45, 7) is 2.48. The Labute approximate surface area is 127 Å². The molecule has 0 amide bonds. The number of esters is 1. The Hall–Kier alpha value is -1.82. The predicted molar refractivity (Wildman–Crippen MR) is 79.8 cm³/mol. The predicted octanol–water partition coefficient (Wildman–Crippen LogP) is 3.09. The van der Waals surface area contributed by atoms with Gasteiger partial charge in [-0.15, -0.1) is 0 Å². The summed E-state index contributed by atoms with van der Waals surface area (Å²) in [5, 5.41) is 11.0. The standard InChI is InChI=1S/C14H17ClN2O4/c1-9-7-13(17(19)20)10(15)8-12(9)16-6-4-3-5-11(16)14(18)21-2/h7-8,11H,3-6H2,1-2H3. The van der Waals surface area contributed by atoms with Gasteiger partial charge in [0.1, 0.15) is 11.1 Å². The van der Waals surface area contributed by atoms with Crippen molar-refractivity contribution in [3.05, 3.63) is 32.8 Å². The molecule has 21 heavy (non-hydrogen) atoms. The van der Waals surface area contributed by atoms with E-state index in [9.17, 15) is 14.9 Å². The highest BCUT2D eigenvalue weighted by Crippen LogP contribution is 2.35. The highest BCUT2D eigenvalue weighted by molar-refractivity contribution is 6.33. The molecule has 1 saturated heterocycles. The minimum Gasteiger partial charge on any atom is -0.467 e. The molecule has 114 valence electrons. The van der Waals surface area contributed by atoms with Crippen LogP contribution in [0.15, 0.2) is 12.1 Å². The maximum atomic E-state index is 11.9. The lowest BCUT2D eigenvalue weighted by Gasteiger charge is -2.36. The van der Waals surface area contributed by atoms with Crippen LogP contribution in [0.2, 0.25) is 5.02 Å². The number of nitro groups is 1. The molecule has 1 fully saturated rings. The Bertz CT molecular complexity index is 576. The lowest BCUT2D eigenvalue weighted by Crippen LogP contribution is -2.45. The number of methoxy groups -OCH3 is 1. The van der Waals surface area contributed by atoms with Gasteiger partial charge in [-0.3, -0.25) is 10.1 Å². The van der Waals surface area contributed by atoms with Crippen molar-refractivity contribution >= 4 is 28.9 Å². The highest BCUT2D eigenvalue weighted by atomic mass is 35.5. The molecule has 6 nitrogen and oxygen atoms in total. The number of carbonyl (C=O) groups is 1. The van der Waals surface area contributed by atoms with Crippen LogP contribution < -0.4 is 4.90 Å². The molecule has 1 unspecified atom stereocenters. The van der Waals surface area contributed by atoms with Gasteiger partial charge in [-0.05, 0) is 37.8 Å². The number of anilines is 1. The molecule has 0 saturated carbocycles. The topological polar surface area (TPSA) is 72.7 Å². The lowest BCUT2D eigenvalue weighted by molar-refractivity contribution is -0.384. The average molecular weight is 313 g/mol. The van der Waals surface area contributed by atoms with Crippen molar-refractivity contribution in [2.75, 3.05) is 18.6 Å². The van der Waals surface area contributed by atoms with Crippen molar-refractivity contribution in [2.45, 2.75) is 32.2 Å². The van der Waals surface area contributed by atoms with Crippen molar-refractivity contribution in [1.29, 1.82) is 0 Å². The van der Waals surface area contributed by atoms with E-state index in [1.807, 2.05) is 4.90 Å². The minimum atomic E-state index is -0.507. The van der Waals surface area contributed by atoms with E-state index in [0.717, 1.165) is 24.1 Å². The monoisotopic (exact) mass is 312 g/mol. The zero-order valence-corrected chi connectivity index (χ0v) is 12.7. The van der Waals surface area contributed by atoms with Crippen LogP contribution in [-0.4, -0.2) is 30.6 Å². The summed E-state index contributed by atoms with van der Waals surface area (Å²) in [5.74, 6) is -0.288. The smallest absolute Gasteiger partial charge is 0.328 e. The van der Waals surface area contributed by atoms with Crippen LogP contribution >= 0.6 is 11.6 Å². The van der Waals surface area contributed by atoms with Gasteiger partial charge in [0.2, 0.25) is 0 Å². The molecule has 0 radical (unpaired) electrons. The Kier molecular flexibility index (Phi) is 4.67. The largest absolute Gasteiger partial charge is 0.467 e. The van der Waals surface area contributed by atoms with Gasteiger partial charge in [0.05, 0.1) is 12.0 Å². The molecule has 1 aromatic carbocycles. The maximum Gasteiger partial charge on any atom is 0.328 e. The summed E-state index contributed by atoms with van der Waals surface area (Å²) in [7, 11) is 1.37. The van der Waals surface area contributed by atoms with E-state index in [-0.39, 0.29) is 22.7 Å². The van der Waals surface area contributed by atoms with E-state index in [4.69, 9.17) is 16.3 Å². The van der Waals surface area contributed by atoms with Gasteiger partial charge < -0.3 is 9.64 Å².